The molecule has 0 unspecified atom stereocenters. The number of hydrogen-bond acceptors (Lipinski definition) is 3. The van der Waals surface area contributed by atoms with Crippen molar-refractivity contribution in [1.82, 2.24) is 0 Å². The average Bonchev–Trinajstić information content (AvgIpc) is 2.73. The molecule has 3 fully saturated rings. The Labute approximate surface area is 84.4 Å². The molecule has 1 N–H and O–H groups in total. The van der Waals surface area contributed by atoms with Crippen molar-refractivity contribution < 1.29 is 14.6 Å². The fourth-order valence-electron chi connectivity index (χ4n) is 3.61. The summed E-state index contributed by atoms with van der Waals surface area (Å²) in [4.78, 5) is 0. The highest BCUT2D eigenvalue weighted by molar-refractivity contribution is 5.04. The van der Waals surface area contributed by atoms with E-state index in [9.17, 15) is 5.11 Å². The molecule has 0 amide bonds. The summed E-state index contributed by atoms with van der Waals surface area (Å²) in [6, 6.07) is 0. The van der Waals surface area contributed by atoms with Crippen LogP contribution in [-0.2, 0) is 9.47 Å². The van der Waals surface area contributed by atoms with Gasteiger partial charge in [-0.15, -0.1) is 0 Å². The highest BCUT2D eigenvalue weighted by Gasteiger charge is 2.58. The maximum absolute atomic E-state index is 10.5. The van der Waals surface area contributed by atoms with Crippen LogP contribution in [0.3, 0.4) is 0 Å². The van der Waals surface area contributed by atoms with Gasteiger partial charge in [-0.25, -0.2) is 0 Å². The normalized spacial score (nSPS) is 45.6. The summed E-state index contributed by atoms with van der Waals surface area (Å²) in [7, 11) is 0. The zero-order valence-corrected chi connectivity index (χ0v) is 8.50. The number of rotatable bonds is 0. The smallest absolute Gasteiger partial charge is 0.174 e. The molecule has 1 saturated heterocycles. The predicted octanol–water partition coefficient (Wildman–Crippen LogP) is 1.44. The lowest BCUT2D eigenvalue weighted by molar-refractivity contribution is -0.253. The predicted molar refractivity (Wildman–Crippen MR) is 50.8 cm³/mol. The molecule has 1 aliphatic heterocycles. The Morgan fingerprint density at radius 2 is 1.71 bits per heavy atom. The second-order valence-corrected chi connectivity index (χ2v) is 4.91. The number of ether oxygens (including phenoxy) is 2. The van der Waals surface area contributed by atoms with E-state index in [0.717, 1.165) is 38.5 Å². The van der Waals surface area contributed by atoms with Gasteiger partial charge in [0.05, 0.1) is 18.8 Å². The number of aliphatic hydroxyl groups is 1. The highest BCUT2D eigenvalue weighted by Crippen LogP contribution is 2.53. The minimum absolute atomic E-state index is 0.228. The Morgan fingerprint density at radius 3 is 2.50 bits per heavy atom. The fraction of sp³-hybridized carbons (Fsp3) is 1.00. The first-order valence-corrected chi connectivity index (χ1v) is 5.76. The third-order valence-corrected chi connectivity index (χ3v) is 4.19. The van der Waals surface area contributed by atoms with Gasteiger partial charge >= 0.3 is 0 Å². The van der Waals surface area contributed by atoms with Gasteiger partial charge in [0, 0.05) is 12.3 Å². The van der Waals surface area contributed by atoms with Crippen LogP contribution in [0.5, 0.6) is 0 Å². The Bertz CT molecular complexity index is 235. The van der Waals surface area contributed by atoms with Crippen molar-refractivity contribution in [3.8, 4) is 0 Å². The number of fused-ring (bicyclic) bond motifs is 2. The van der Waals surface area contributed by atoms with Crippen molar-refractivity contribution in [3.05, 3.63) is 0 Å². The zero-order valence-electron chi connectivity index (χ0n) is 8.50. The van der Waals surface area contributed by atoms with Gasteiger partial charge in [-0.05, 0) is 32.1 Å². The van der Waals surface area contributed by atoms with Crippen LogP contribution in [0.2, 0.25) is 0 Å². The molecule has 2 saturated carbocycles. The van der Waals surface area contributed by atoms with Crippen molar-refractivity contribution in [2.45, 2.75) is 49.9 Å². The molecule has 14 heavy (non-hydrogen) atoms. The molecule has 1 spiro atoms. The van der Waals surface area contributed by atoms with E-state index in [4.69, 9.17) is 9.47 Å². The van der Waals surface area contributed by atoms with Gasteiger partial charge < -0.3 is 14.6 Å². The standard InChI is InChI=1S/C11H18O3/c12-10-4-1-3-9(10)11(6-2-5-10)13-7-8-14-11/h9,12H,1-8H2/t9-,10+/m0/s1. The van der Waals surface area contributed by atoms with E-state index in [2.05, 4.69) is 0 Å². The molecule has 0 radical (unpaired) electrons. The van der Waals surface area contributed by atoms with Crippen molar-refractivity contribution in [2.24, 2.45) is 5.92 Å². The van der Waals surface area contributed by atoms with Gasteiger partial charge in [-0.3, -0.25) is 0 Å². The van der Waals surface area contributed by atoms with Crippen LogP contribution in [0.4, 0.5) is 0 Å². The molecular weight excluding hydrogens is 180 g/mol. The molecule has 1 heterocycles. The molecule has 3 heteroatoms. The van der Waals surface area contributed by atoms with Crippen LogP contribution in [-0.4, -0.2) is 29.7 Å². The Balaban J connectivity index is 1.91. The minimum atomic E-state index is -0.484. The summed E-state index contributed by atoms with van der Waals surface area (Å²) in [5.74, 6) is -0.185. The molecule has 3 rings (SSSR count). The van der Waals surface area contributed by atoms with Crippen LogP contribution >= 0.6 is 0 Å². The lowest BCUT2D eigenvalue weighted by atomic mass is 9.73. The van der Waals surface area contributed by atoms with E-state index in [1.807, 2.05) is 0 Å². The van der Waals surface area contributed by atoms with Gasteiger partial charge in [0.25, 0.3) is 0 Å². The summed E-state index contributed by atoms with van der Waals surface area (Å²) in [6.45, 7) is 1.40. The molecule has 0 aromatic carbocycles. The molecule has 2 atom stereocenters. The van der Waals surface area contributed by atoms with Crippen LogP contribution in [0.15, 0.2) is 0 Å². The first-order valence-electron chi connectivity index (χ1n) is 5.76. The molecule has 0 aromatic rings. The van der Waals surface area contributed by atoms with E-state index < -0.39 is 11.4 Å². The lowest BCUT2D eigenvalue weighted by Crippen LogP contribution is -2.53. The zero-order chi connectivity index (χ0) is 9.65. The monoisotopic (exact) mass is 198 g/mol. The van der Waals surface area contributed by atoms with Crippen LogP contribution in [0, 0.1) is 5.92 Å². The second-order valence-electron chi connectivity index (χ2n) is 4.91. The molecule has 0 aromatic heterocycles. The highest BCUT2D eigenvalue weighted by atomic mass is 16.7. The second kappa shape index (κ2) is 2.94. The van der Waals surface area contributed by atoms with Gasteiger partial charge in [-0.2, -0.15) is 0 Å². The topological polar surface area (TPSA) is 38.7 Å². The first-order chi connectivity index (χ1) is 6.75. The van der Waals surface area contributed by atoms with Crippen molar-refractivity contribution >= 4 is 0 Å². The molecule has 80 valence electrons. The van der Waals surface area contributed by atoms with Gasteiger partial charge in [0.2, 0.25) is 0 Å². The summed E-state index contributed by atoms with van der Waals surface area (Å²) >= 11 is 0. The van der Waals surface area contributed by atoms with Crippen LogP contribution < -0.4 is 0 Å². The lowest BCUT2D eigenvalue weighted by Gasteiger charge is -2.45. The summed E-state index contributed by atoms with van der Waals surface area (Å²) in [5, 5.41) is 10.5. The molecule has 3 aliphatic rings. The van der Waals surface area contributed by atoms with Crippen molar-refractivity contribution in [1.29, 1.82) is 0 Å². The Hall–Kier alpha value is -0.120. The molecule has 3 nitrogen and oxygen atoms in total. The first kappa shape index (κ1) is 9.13. The fourth-order valence-corrected chi connectivity index (χ4v) is 3.61. The summed E-state index contributed by atoms with van der Waals surface area (Å²) < 4.78 is 11.6. The van der Waals surface area contributed by atoms with Gasteiger partial charge in [0.1, 0.15) is 0 Å². The van der Waals surface area contributed by atoms with Gasteiger partial charge in [0.15, 0.2) is 5.79 Å². The van der Waals surface area contributed by atoms with E-state index in [0.29, 0.717) is 13.2 Å². The SMILES string of the molecule is O[C@@]12CCC[C@@H]1C1(CCC2)OCCO1. The molecular formula is C11H18O3. The third kappa shape index (κ3) is 1.09. The quantitative estimate of drug-likeness (QED) is 0.640. The van der Waals surface area contributed by atoms with Crippen molar-refractivity contribution in [2.75, 3.05) is 13.2 Å². The number of hydrogen-bond donors (Lipinski definition) is 1. The van der Waals surface area contributed by atoms with E-state index in [1.165, 1.54) is 0 Å². The average molecular weight is 198 g/mol. The van der Waals surface area contributed by atoms with E-state index in [-0.39, 0.29) is 5.92 Å². The van der Waals surface area contributed by atoms with Gasteiger partial charge in [-0.1, -0.05) is 0 Å². The van der Waals surface area contributed by atoms with Crippen LogP contribution in [0.1, 0.15) is 38.5 Å². The molecule has 0 bridgehead atoms. The summed E-state index contributed by atoms with van der Waals surface area (Å²) in [5.41, 5.74) is -0.484. The van der Waals surface area contributed by atoms with E-state index >= 15 is 0 Å². The van der Waals surface area contributed by atoms with Crippen LogP contribution in [0.25, 0.3) is 0 Å². The largest absolute Gasteiger partial charge is 0.389 e. The minimum Gasteiger partial charge on any atom is -0.389 e. The third-order valence-electron chi connectivity index (χ3n) is 4.19. The summed E-state index contributed by atoms with van der Waals surface area (Å²) in [6.07, 6.45) is 6.07. The van der Waals surface area contributed by atoms with E-state index in [1.54, 1.807) is 0 Å². The maximum atomic E-state index is 10.5. The maximum Gasteiger partial charge on any atom is 0.174 e. The Morgan fingerprint density at radius 1 is 1.00 bits per heavy atom. The Kier molecular flexibility index (Phi) is 1.92. The van der Waals surface area contributed by atoms with Crippen molar-refractivity contribution in [3.63, 3.8) is 0 Å². The molecule has 2 aliphatic carbocycles.